The molecule has 0 radical (unpaired) electrons. The lowest BCUT2D eigenvalue weighted by Crippen LogP contribution is -2.28. The molecular weight excluding hydrogens is 1770 g/mol. The fraction of sp³-hybridized carbons (Fsp3) is 0.218. The molecule has 135 heavy (non-hydrogen) atoms. The monoisotopic (exact) mass is 1850 g/mol. The van der Waals surface area contributed by atoms with Crippen molar-refractivity contribution in [3.63, 3.8) is 0 Å². The third-order valence-corrected chi connectivity index (χ3v) is 25.7. The number of hydrogen-bond donors (Lipinski definition) is 2. The van der Waals surface area contributed by atoms with Crippen LogP contribution < -0.4 is 11.5 Å². The average molecular weight is 1860 g/mol. The van der Waals surface area contributed by atoms with Gasteiger partial charge in [-0.1, -0.05) is 108 Å². The van der Waals surface area contributed by atoms with Gasteiger partial charge in [0, 0.05) is 83.5 Å². The largest absolute Gasteiger partial charge is 0.469 e. The molecule has 0 saturated heterocycles. The summed E-state index contributed by atoms with van der Waals surface area (Å²) in [5, 5.41) is 59.5. The second kappa shape index (κ2) is 38.0. The molecule has 13 aromatic heterocycles. The second-order valence-corrected chi connectivity index (χ2v) is 34.8. The number of aromatic nitrogens is 20. The van der Waals surface area contributed by atoms with Crippen LogP contribution in [-0.2, 0) is 57.4 Å². The Hall–Kier alpha value is -15.4. The molecule has 24 rings (SSSR count). The van der Waals surface area contributed by atoms with Gasteiger partial charge in [0.1, 0.15) is 16.5 Å². The minimum Gasteiger partial charge on any atom is -0.469 e. The summed E-state index contributed by atoms with van der Waals surface area (Å²) in [6, 6.07) is 73.9. The van der Waals surface area contributed by atoms with E-state index in [1.807, 2.05) is 140 Å². The maximum Gasteiger partial charge on any atom is 0.334 e. The minimum atomic E-state index is -0.636. The molecule has 0 atom stereocenters. The Morgan fingerprint density at radius 3 is 1.08 bits per heavy atom. The number of esters is 2. The van der Waals surface area contributed by atoms with Crippen LogP contribution in [0, 0.1) is 0 Å². The van der Waals surface area contributed by atoms with Gasteiger partial charge in [0.25, 0.3) is 0 Å². The number of rotatable bonds is 16. The zero-order valence-electron chi connectivity index (χ0n) is 73.9. The van der Waals surface area contributed by atoms with E-state index in [0.29, 0.717) is 50.3 Å². The number of halogens is 3. The molecule has 5 fully saturated rings. The van der Waals surface area contributed by atoms with Crippen molar-refractivity contribution in [1.29, 1.82) is 0 Å². The number of methoxy groups -OCH3 is 2. The van der Waals surface area contributed by atoms with Crippen molar-refractivity contribution >= 4 is 152 Å². The number of nitrogens with two attached hydrogens (primary N) is 2. The third kappa shape index (κ3) is 18.9. The summed E-state index contributed by atoms with van der Waals surface area (Å²) in [5.74, 6) is 2.20. The number of amides is 2. The number of ether oxygens (including phenoxy) is 2. The number of primary amides is 1. The maximum atomic E-state index is 11.9. The number of carbonyl (C=O) groups excluding carboxylic acids is 5. The van der Waals surface area contributed by atoms with Crippen LogP contribution in [-0.4, -0.2) is 168 Å². The van der Waals surface area contributed by atoms with Crippen molar-refractivity contribution in [2.75, 3.05) is 27.8 Å². The van der Waals surface area contributed by atoms with Gasteiger partial charge >= 0.3 is 18.0 Å². The summed E-state index contributed by atoms with van der Waals surface area (Å²) in [6.07, 6.45) is 20.6. The second-order valence-electron chi connectivity index (χ2n) is 33.6. The highest BCUT2D eigenvalue weighted by Gasteiger charge is 2.55. The van der Waals surface area contributed by atoms with Crippen LogP contribution in [0.2, 0.25) is 15.5 Å². The highest BCUT2D eigenvalue weighted by atomic mass is 35.5. The number of nitrogens with zero attached hydrogens (tertiary/aromatic N) is 22. The van der Waals surface area contributed by atoms with E-state index in [-0.39, 0.29) is 51.7 Å². The van der Waals surface area contributed by atoms with Crippen molar-refractivity contribution in [2.45, 2.75) is 112 Å². The molecule has 13 heterocycles. The number of ketones is 2. The average Bonchev–Trinajstić information content (AvgIpc) is 1.57. The minimum absolute atomic E-state index is 0.0665. The van der Waals surface area contributed by atoms with Crippen molar-refractivity contribution < 1.29 is 33.4 Å². The number of urea groups is 1. The van der Waals surface area contributed by atoms with Gasteiger partial charge in [0.05, 0.1) is 93.1 Å². The highest BCUT2D eigenvalue weighted by molar-refractivity contribution is 6.31. The predicted molar refractivity (Wildman–Crippen MR) is 513 cm³/mol. The maximum absolute atomic E-state index is 11.9. The van der Waals surface area contributed by atoms with Gasteiger partial charge in [-0.2, -0.15) is 33.9 Å². The van der Waals surface area contributed by atoms with Crippen molar-refractivity contribution in [3.8, 4) is 0 Å². The molecule has 0 bridgehead atoms. The molecule has 5 saturated carbocycles. The fourth-order valence-corrected chi connectivity index (χ4v) is 17.2. The van der Waals surface area contributed by atoms with Crippen LogP contribution in [0.3, 0.4) is 0 Å². The topological polar surface area (TPSA) is 404 Å². The lowest BCUT2D eigenvalue weighted by Gasteiger charge is -2.15. The SMILES string of the molecule is C/C(=N\N(C)C(N)=O)c1ccc2nnc(C3(c4ccc5ncccc5c4)CC3)n2n1.CC(=O)c1ccc2nnc(C3(c4ccc5ncccc5c4)CC3)n2n1.COC(=O)C1(c2ccc3ncccc3c2)CC1.COC(=O)Cc1ccc2ncccc2c1.Clc1ccc(Cl)nn1.Clc1ccc2nnc(C3(c4ccc5ncccc5c4)CC3)n2n1.NCC(=O)C1(c2ccc3ncccc3c2)CC1. The number of Topliss-reactive ketones (excluding diaryl/α,β-unsaturated/α-hetero) is 2. The Morgan fingerprint density at radius 2 is 0.726 bits per heavy atom. The van der Waals surface area contributed by atoms with Gasteiger partial charge in [0.2, 0.25) is 0 Å². The predicted octanol–water partition coefficient (Wildman–Crippen LogP) is 16.8. The van der Waals surface area contributed by atoms with Crippen LogP contribution in [0.15, 0.2) is 273 Å². The first-order chi connectivity index (χ1) is 65.5. The molecule has 31 nitrogen and oxygen atoms in total. The van der Waals surface area contributed by atoms with Gasteiger partial charge in [-0.3, -0.25) is 49.1 Å². The molecule has 0 spiro atoms. The quantitative estimate of drug-likeness (QED) is 0.0392. The van der Waals surface area contributed by atoms with Gasteiger partial charge in [-0.25, -0.2) is 9.80 Å². The molecule has 0 aliphatic heterocycles. The van der Waals surface area contributed by atoms with E-state index in [9.17, 15) is 24.0 Å². The first-order valence-corrected chi connectivity index (χ1v) is 44.7. The van der Waals surface area contributed by atoms with Gasteiger partial charge in [-0.15, -0.1) is 40.8 Å². The Morgan fingerprint density at radius 1 is 0.385 bits per heavy atom. The molecule has 0 unspecified atom stereocenters. The van der Waals surface area contributed by atoms with E-state index < -0.39 is 11.4 Å². The zero-order valence-corrected chi connectivity index (χ0v) is 76.1. The number of carbonyl (C=O) groups is 5. The zero-order chi connectivity index (χ0) is 93.8. The van der Waals surface area contributed by atoms with Crippen molar-refractivity contribution in [2.24, 2.45) is 16.6 Å². The van der Waals surface area contributed by atoms with Crippen molar-refractivity contribution in [1.82, 2.24) is 105 Å². The Balaban J connectivity index is 0.000000108. The first-order valence-electron chi connectivity index (χ1n) is 43.6. The summed E-state index contributed by atoms with van der Waals surface area (Å²) in [6.45, 7) is 3.42. The van der Waals surface area contributed by atoms with Gasteiger partial charge < -0.3 is 20.9 Å². The molecule has 34 heteroatoms. The van der Waals surface area contributed by atoms with E-state index in [1.54, 1.807) is 81.8 Å². The normalized spacial score (nSPS) is 15.0. The fourth-order valence-electron chi connectivity index (χ4n) is 16.9. The standard InChI is InChI=1S/C21H20N8O.C19H15N5O.C17H12ClN5.C14H14N2O.C14H13NO2.C12H11NO2.C4H2Cl2N2/c1-13(26-28(2)20(22)30)16-7-8-18-24-25-19(29(18)27-16)21(9-10-21)15-5-6-17-14(12-15)4-3-11-23-17;1-12(25)15-6-7-17-21-22-18(24(17)23-15)19(8-9-19)14-4-5-16-13(11-14)3-2-10-20-16;18-14-5-6-15-20-21-16(23(15)22-14)17(7-8-17)12-3-4-13-11(10-12)2-1-9-19-13;15-9-13(17)14(5-6-14)11-3-4-12-10(8-11)2-1-7-16-12;1-17-13(16)14(6-7-14)11-4-5-12-10(9-11)3-2-8-15-12;1-15-12(14)8-9-4-5-11-10(7-9)3-2-6-13-11;5-3-1-2-4(6)8-7-3/h3-8,11-12H,9-10H2,1-2H3,(H2,22,30);2-7,10-11H,8-9H2,1H3;1-6,9-10H,7-8H2;1-4,7-8H,5-6,9,15H2;2-5,8-9H,6-7H2,1H3;2-7H,8H2,1H3;1-2H/b26-13+;;;;;;. The molecule has 5 aliphatic carbocycles. The Bertz CT molecular complexity index is 7680. The molecule has 674 valence electrons. The van der Waals surface area contributed by atoms with Gasteiger partial charge in [0.15, 0.2) is 56.3 Å². The van der Waals surface area contributed by atoms with Crippen LogP contribution in [0.25, 0.3) is 82.4 Å². The summed E-state index contributed by atoms with van der Waals surface area (Å²) in [4.78, 5) is 83.7. The summed E-state index contributed by atoms with van der Waals surface area (Å²) >= 11 is 16.8. The van der Waals surface area contributed by atoms with Crippen LogP contribution >= 0.6 is 34.8 Å². The lowest BCUT2D eigenvalue weighted by atomic mass is 9.90. The van der Waals surface area contributed by atoms with E-state index in [0.717, 1.165) is 174 Å². The van der Waals surface area contributed by atoms with E-state index in [2.05, 4.69) is 157 Å². The number of fused-ring (bicyclic) bond motifs is 9. The number of benzene rings is 6. The van der Waals surface area contributed by atoms with Crippen LogP contribution in [0.5, 0.6) is 0 Å². The summed E-state index contributed by atoms with van der Waals surface area (Å²) in [7, 11) is 4.35. The lowest BCUT2D eigenvalue weighted by molar-refractivity contribution is -0.143. The van der Waals surface area contributed by atoms with E-state index >= 15 is 0 Å². The first kappa shape index (κ1) is 90.1. The van der Waals surface area contributed by atoms with Crippen LogP contribution in [0.1, 0.15) is 145 Å². The van der Waals surface area contributed by atoms with E-state index in [4.69, 9.17) is 56.1 Å². The number of hydrazone groups is 1. The number of hydrogen-bond acceptors (Lipinski definition) is 26. The summed E-state index contributed by atoms with van der Waals surface area (Å²) < 4.78 is 14.8. The highest BCUT2D eigenvalue weighted by Crippen LogP contribution is 2.56. The Labute approximate surface area is 786 Å². The third-order valence-electron chi connectivity index (χ3n) is 25.1. The number of pyridine rings is 6. The molecule has 5 aliphatic rings. The van der Waals surface area contributed by atoms with Crippen LogP contribution in [0.4, 0.5) is 4.79 Å². The van der Waals surface area contributed by atoms with Gasteiger partial charge in [-0.05, 0) is 262 Å². The van der Waals surface area contributed by atoms with Crippen molar-refractivity contribution in [3.05, 3.63) is 345 Å². The molecular formula is C101H87Cl3N24O7. The molecule has 6 aromatic carbocycles. The summed E-state index contributed by atoms with van der Waals surface area (Å²) in [5.41, 5.74) is 25.7. The molecule has 4 N–H and O–H groups in total. The Kier molecular flexibility index (Phi) is 25.4. The smallest absolute Gasteiger partial charge is 0.334 e. The molecule has 2 amide bonds. The molecule has 19 aromatic rings. The van der Waals surface area contributed by atoms with E-state index in [1.165, 1.54) is 44.9 Å².